The summed E-state index contributed by atoms with van der Waals surface area (Å²) in [5.41, 5.74) is 6.86. The number of hydrogen-bond donors (Lipinski definition) is 5. The summed E-state index contributed by atoms with van der Waals surface area (Å²) in [5.74, 6) is -1.85. The third-order valence-electron chi connectivity index (χ3n) is 2.61. The summed E-state index contributed by atoms with van der Waals surface area (Å²) < 4.78 is 0. The molecule has 25 heavy (non-hydrogen) atoms. The normalized spacial score (nSPS) is 10.2. The number of hydrogen-bond acceptors (Lipinski definition) is 5. The number of benzene rings is 2. The molecule has 1 unspecified atom stereocenters. The Bertz CT molecular complexity index is 683. The first kappa shape index (κ1) is 24.7. The summed E-state index contributed by atoms with van der Waals surface area (Å²) in [4.78, 5) is 18.0. The summed E-state index contributed by atoms with van der Waals surface area (Å²) in [5, 5.41) is 35.6. The van der Waals surface area contributed by atoms with Crippen LogP contribution in [-0.2, 0) is 16.0 Å². The van der Waals surface area contributed by atoms with E-state index in [0.29, 0.717) is 0 Å². The molecule has 0 saturated carbocycles. The first-order valence-electron chi connectivity index (χ1n) is 7.12. The van der Waals surface area contributed by atoms with Gasteiger partial charge in [-0.25, -0.2) is 0 Å². The van der Waals surface area contributed by atoms with Crippen molar-refractivity contribution >= 4 is 35.1 Å². The predicted molar refractivity (Wildman–Crippen MR) is 98.5 cm³/mol. The van der Waals surface area contributed by atoms with E-state index in [-0.39, 0.29) is 29.9 Å². The van der Waals surface area contributed by atoms with Crippen molar-refractivity contribution < 1.29 is 30.0 Å². The molecule has 2 aromatic rings. The molecule has 0 aliphatic carbocycles. The fourth-order valence-electron chi connectivity index (χ4n) is 1.89. The highest BCUT2D eigenvalue weighted by Gasteiger charge is 2.07. The summed E-state index contributed by atoms with van der Waals surface area (Å²) in [6, 6.07) is 9.04. The number of phenolic OH excluding ortho intramolecular Hbond substituents is 2. The minimum absolute atomic E-state index is 0. The maximum absolute atomic E-state index is 9.49. The van der Waals surface area contributed by atoms with Gasteiger partial charge < -0.3 is 26.2 Å². The van der Waals surface area contributed by atoms with Crippen molar-refractivity contribution in [2.24, 2.45) is 5.73 Å². The third kappa shape index (κ3) is 10.8. The summed E-state index contributed by atoms with van der Waals surface area (Å²) in [6.45, 7) is 4.11. The summed E-state index contributed by atoms with van der Waals surface area (Å²) >= 11 is 0. The smallest absolute Gasteiger partial charge is 0.300 e. The van der Waals surface area contributed by atoms with Gasteiger partial charge in [-0.2, -0.15) is 0 Å². The highest BCUT2D eigenvalue weighted by Crippen LogP contribution is 2.32. The number of rotatable bonds is 2. The van der Waals surface area contributed by atoms with Crippen LogP contribution in [0, 0.1) is 0 Å². The Morgan fingerprint density at radius 2 is 1.48 bits per heavy atom. The van der Waals surface area contributed by atoms with Crippen molar-refractivity contribution in [2.75, 3.05) is 0 Å². The van der Waals surface area contributed by atoms with E-state index in [2.05, 4.69) is 0 Å². The van der Waals surface area contributed by atoms with E-state index in [0.717, 1.165) is 36.6 Å². The zero-order valence-electron chi connectivity index (χ0n) is 14.3. The second-order valence-corrected chi connectivity index (χ2v) is 5.20. The van der Waals surface area contributed by atoms with Gasteiger partial charge in [-0.15, -0.1) is 12.4 Å². The third-order valence-corrected chi connectivity index (χ3v) is 2.61. The standard InChI is InChI=1S/C13H15NO2.2C2H4O2.ClH/c1-8(14)5-9-3-2-4-10-6-12(15)13(16)7-11(9)10;2*1-2(3)4;/h2-4,6-8,15-16H,5,14H2,1H3;2*1H3,(H,3,4);1H. The van der Waals surface area contributed by atoms with Gasteiger partial charge in [0.1, 0.15) is 0 Å². The predicted octanol–water partition coefficient (Wildman–Crippen LogP) is 2.74. The zero-order valence-corrected chi connectivity index (χ0v) is 15.1. The lowest BCUT2D eigenvalue weighted by atomic mass is 9.99. The van der Waals surface area contributed by atoms with E-state index in [4.69, 9.17) is 25.5 Å². The Balaban J connectivity index is 0. The van der Waals surface area contributed by atoms with E-state index in [1.165, 1.54) is 0 Å². The molecule has 1 atom stereocenters. The largest absolute Gasteiger partial charge is 0.504 e. The van der Waals surface area contributed by atoms with Gasteiger partial charge in [-0.3, -0.25) is 9.59 Å². The molecule has 7 nitrogen and oxygen atoms in total. The number of halogens is 1. The number of aromatic hydroxyl groups is 2. The molecule has 2 aromatic carbocycles. The lowest BCUT2D eigenvalue weighted by molar-refractivity contribution is -0.135. The molecule has 0 aromatic heterocycles. The zero-order chi connectivity index (χ0) is 18.9. The highest BCUT2D eigenvalue weighted by molar-refractivity contribution is 5.88. The van der Waals surface area contributed by atoms with Crippen LogP contribution in [-0.4, -0.2) is 38.4 Å². The lowest BCUT2D eigenvalue weighted by Gasteiger charge is -2.10. The summed E-state index contributed by atoms with van der Waals surface area (Å²) in [7, 11) is 0. The van der Waals surface area contributed by atoms with Crippen molar-refractivity contribution in [3.05, 3.63) is 35.9 Å². The van der Waals surface area contributed by atoms with Crippen LogP contribution in [0.25, 0.3) is 10.8 Å². The highest BCUT2D eigenvalue weighted by atomic mass is 35.5. The van der Waals surface area contributed by atoms with Crippen molar-refractivity contribution in [3.8, 4) is 11.5 Å². The van der Waals surface area contributed by atoms with Gasteiger partial charge >= 0.3 is 0 Å². The molecule has 0 radical (unpaired) electrons. The molecule has 0 heterocycles. The van der Waals surface area contributed by atoms with Crippen LogP contribution < -0.4 is 5.73 Å². The second-order valence-electron chi connectivity index (χ2n) is 5.20. The van der Waals surface area contributed by atoms with Gasteiger partial charge in [0.15, 0.2) is 11.5 Å². The number of fused-ring (bicyclic) bond motifs is 1. The van der Waals surface area contributed by atoms with Crippen LogP contribution in [0.2, 0.25) is 0 Å². The molecule has 0 spiro atoms. The molecule has 0 aliphatic heterocycles. The van der Waals surface area contributed by atoms with Crippen LogP contribution in [0.3, 0.4) is 0 Å². The molecule has 6 N–H and O–H groups in total. The monoisotopic (exact) mass is 373 g/mol. The van der Waals surface area contributed by atoms with Gasteiger partial charge in [0, 0.05) is 19.9 Å². The van der Waals surface area contributed by atoms with Crippen molar-refractivity contribution in [3.63, 3.8) is 0 Å². The number of carboxylic acids is 2. The van der Waals surface area contributed by atoms with Crippen LogP contribution >= 0.6 is 12.4 Å². The fraction of sp³-hybridized carbons (Fsp3) is 0.294. The Labute approximate surface area is 152 Å². The average Bonchev–Trinajstić information content (AvgIpc) is 2.39. The first-order chi connectivity index (χ1) is 11.0. The van der Waals surface area contributed by atoms with Crippen molar-refractivity contribution in [2.45, 2.75) is 33.2 Å². The number of carboxylic acid groups (broad SMARTS) is 2. The van der Waals surface area contributed by atoms with E-state index >= 15 is 0 Å². The van der Waals surface area contributed by atoms with Gasteiger partial charge in [-0.1, -0.05) is 18.2 Å². The maximum atomic E-state index is 9.49. The quantitative estimate of drug-likeness (QED) is 0.509. The average molecular weight is 374 g/mol. The van der Waals surface area contributed by atoms with E-state index in [9.17, 15) is 10.2 Å². The number of carbonyl (C=O) groups is 2. The molecule has 140 valence electrons. The maximum Gasteiger partial charge on any atom is 0.300 e. The van der Waals surface area contributed by atoms with Crippen LogP contribution in [0.1, 0.15) is 26.3 Å². The Kier molecular flexibility index (Phi) is 11.8. The molecule has 0 aliphatic rings. The first-order valence-corrected chi connectivity index (χ1v) is 7.12. The van der Waals surface area contributed by atoms with E-state index in [1.54, 1.807) is 12.1 Å². The van der Waals surface area contributed by atoms with E-state index < -0.39 is 11.9 Å². The van der Waals surface area contributed by atoms with Crippen LogP contribution in [0.5, 0.6) is 11.5 Å². The molecule has 0 saturated heterocycles. The number of aliphatic carboxylic acids is 2. The Morgan fingerprint density at radius 1 is 1.04 bits per heavy atom. The summed E-state index contributed by atoms with van der Waals surface area (Å²) in [6.07, 6.45) is 0.752. The number of nitrogens with two attached hydrogens (primary N) is 1. The second kappa shape index (κ2) is 11.9. The minimum Gasteiger partial charge on any atom is -0.504 e. The molecule has 2 rings (SSSR count). The molecular weight excluding hydrogens is 350 g/mol. The van der Waals surface area contributed by atoms with Crippen LogP contribution in [0.4, 0.5) is 0 Å². The topological polar surface area (TPSA) is 141 Å². The molecular formula is C17H24ClNO6. The van der Waals surface area contributed by atoms with Crippen molar-refractivity contribution in [1.82, 2.24) is 0 Å². The van der Waals surface area contributed by atoms with Crippen molar-refractivity contribution in [1.29, 1.82) is 0 Å². The van der Waals surface area contributed by atoms with Gasteiger partial charge in [0.2, 0.25) is 0 Å². The SMILES string of the molecule is CC(=O)O.CC(=O)O.CC(N)Cc1cccc2cc(O)c(O)cc12.Cl. The van der Waals surface area contributed by atoms with Gasteiger partial charge in [-0.05, 0) is 41.8 Å². The minimum atomic E-state index is -0.833. The van der Waals surface area contributed by atoms with Gasteiger partial charge in [0.05, 0.1) is 0 Å². The van der Waals surface area contributed by atoms with Gasteiger partial charge in [0.25, 0.3) is 11.9 Å². The number of phenols is 2. The Hall–Kier alpha value is -2.51. The fourth-order valence-corrected chi connectivity index (χ4v) is 1.89. The molecule has 0 fully saturated rings. The van der Waals surface area contributed by atoms with E-state index in [1.807, 2.05) is 25.1 Å². The lowest BCUT2D eigenvalue weighted by Crippen LogP contribution is -2.17. The molecule has 0 bridgehead atoms. The van der Waals surface area contributed by atoms with Crippen LogP contribution in [0.15, 0.2) is 30.3 Å². The Morgan fingerprint density at radius 3 is 1.92 bits per heavy atom. The molecule has 0 amide bonds. The molecule has 8 heteroatoms.